The Morgan fingerprint density at radius 2 is 1.79 bits per heavy atom. The van der Waals surface area contributed by atoms with E-state index in [0.717, 1.165) is 24.9 Å². The van der Waals surface area contributed by atoms with Crippen molar-refractivity contribution in [2.45, 2.75) is 77.2 Å². The Morgan fingerprint density at radius 3 is 2.42 bits per heavy atom. The van der Waals surface area contributed by atoms with Gasteiger partial charge in [-0.3, -0.25) is 4.79 Å². The van der Waals surface area contributed by atoms with Gasteiger partial charge in [-0.15, -0.1) is 0 Å². The van der Waals surface area contributed by atoms with Crippen LogP contribution in [0.3, 0.4) is 0 Å². The van der Waals surface area contributed by atoms with Crippen molar-refractivity contribution in [2.24, 2.45) is 5.41 Å². The Morgan fingerprint density at radius 1 is 1.11 bits per heavy atom. The molecule has 0 unspecified atom stereocenters. The second kappa shape index (κ2) is 7.28. The highest BCUT2D eigenvalue weighted by molar-refractivity contribution is 5.75. The van der Waals surface area contributed by atoms with Crippen LogP contribution in [0.4, 0.5) is 0 Å². The van der Waals surface area contributed by atoms with Crippen molar-refractivity contribution in [2.75, 3.05) is 13.1 Å². The van der Waals surface area contributed by atoms with Gasteiger partial charge in [-0.25, -0.2) is 0 Å². The molecular formula is C16H30N2O. The largest absolute Gasteiger partial charge is 0.356 e. The third-order valence-electron chi connectivity index (χ3n) is 5.07. The van der Waals surface area contributed by atoms with Gasteiger partial charge in [0.15, 0.2) is 0 Å². The van der Waals surface area contributed by atoms with Crippen molar-refractivity contribution in [3.63, 3.8) is 0 Å². The maximum atomic E-state index is 11.5. The molecular weight excluding hydrogens is 236 g/mol. The van der Waals surface area contributed by atoms with E-state index in [1.54, 1.807) is 0 Å². The lowest BCUT2D eigenvalue weighted by molar-refractivity contribution is -0.121. The summed E-state index contributed by atoms with van der Waals surface area (Å²) in [5.41, 5.74) is 0.719. The summed E-state index contributed by atoms with van der Waals surface area (Å²) >= 11 is 0. The van der Waals surface area contributed by atoms with Crippen molar-refractivity contribution in [1.29, 1.82) is 0 Å². The van der Waals surface area contributed by atoms with Gasteiger partial charge in [0.1, 0.15) is 0 Å². The van der Waals surface area contributed by atoms with Crippen LogP contribution in [0.1, 0.15) is 71.1 Å². The SMILES string of the molecule is CCCNC(=O)CCNC1CCC2(CCCC2)CC1. The lowest BCUT2D eigenvalue weighted by Gasteiger charge is -2.37. The molecule has 2 aliphatic rings. The van der Waals surface area contributed by atoms with Gasteiger partial charge in [0.05, 0.1) is 0 Å². The quantitative estimate of drug-likeness (QED) is 0.776. The van der Waals surface area contributed by atoms with E-state index in [1.807, 2.05) is 0 Å². The molecule has 0 aromatic heterocycles. The predicted molar refractivity (Wildman–Crippen MR) is 79.1 cm³/mol. The molecule has 0 saturated heterocycles. The summed E-state index contributed by atoms with van der Waals surface area (Å²) in [7, 11) is 0. The summed E-state index contributed by atoms with van der Waals surface area (Å²) in [4.78, 5) is 11.5. The van der Waals surface area contributed by atoms with Gasteiger partial charge < -0.3 is 10.6 Å². The number of nitrogens with one attached hydrogen (secondary N) is 2. The maximum Gasteiger partial charge on any atom is 0.221 e. The third kappa shape index (κ3) is 4.48. The Kier molecular flexibility index (Phi) is 5.68. The predicted octanol–water partition coefficient (Wildman–Crippen LogP) is 3.00. The minimum absolute atomic E-state index is 0.192. The van der Waals surface area contributed by atoms with Crippen LogP contribution in [-0.4, -0.2) is 25.0 Å². The lowest BCUT2D eigenvalue weighted by atomic mass is 9.71. The van der Waals surface area contributed by atoms with Crippen molar-refractivity contribution in [1.82, 2.24) is 10.6 Å². The molecule has 0 radical (unpaired) electrons. The molecule has 0 bridgehead atoms. The first-order valence-corrected chi connectivity index (χ1v) is 8.24. The summed E-state index contributed by atoms with van der Waals surface area (Å²) in [6.45, 7) is 3.73. The number of carbonyl (C=O) groups excluding carboxylic acids is 1. The molecule has 0 aromatic carbocycles. The van der Waals surface area contributed by atoms with Gasteiger partial charge in [-0.2, -0.15) is 0 Å². The first kappa shape index (κ1) is 14.8. The first-order valence-electron chi connectivity index (χ1n) is 8.24. The van der Waals surface area contributed by atoms with Crippen LogP contribution >= 0.6 is 0 Å². The zero-order valence-corrected chi connectivity index (χ0v) is 12.5. The molecule has 19 heavy (non-hydrogen) atoms. The fourth-order valence-electron chi connectivity index (χ4n) is 3.80. The zero-order valence-electron chi connectivity index (χ0n) is 12.5. The monoisotopic (exact) mass is 266 g/mol. The second-order valence-electron chi connectivity index (χ2n) is 6.54. The molecule has 1 amide bonds. The van der Waals surface area contributed by atoms with Gasteiger partial charge in [-0.1, -0.05) is 19.8 Å². The molecule has 2 saturated carbocycles. The van der Waals surface area contributed by atoms with E-state index < -0.39 is 0 Å². The van der Waals surface area contributed by atoms with E-state index in [1.165, 1.54) is 51.4 Å². The molecule has 0 atom stereocenters. The number of hydrogen-bond acceptors (Lipinski definition) is 2. The molecule has 1 spiro atoms. The normalized spacial score (nSPS) is 22.8. The van der Waals surface area contributed by atoms with Crippen LogP contribution in [0.25, 0.3) is 0 Å². The van der Waals surface area contributed by atoms with Crippen LogP contribution in [0, 0.1) is 5.41 Å². The lowest BCUT2D eigenvalue weighted by Crippen LogP contribution is -2.38. The average Bonchev–Trinajstić information content (AvgIpc) is 2.87. The standard InChI is InChI=1S/C16H30N2O/c1-2-12-18-15(19)7-13-17-14-5-10-16(11-6-14)8-3-4-9-16/h14,17H,2-13H2,1H3,(H,18,19). The molecule has 110 valence electrons. The van der Waals surface area contributed by atoms with E-state index >= 15 is 0 Å². The molecule has 0 aliphatic heterocycles. The van der Waals surface area contributed by atoms with Crippen molar-refractivity contribution >= 4 is 5.91 Å². The van der Waals surface area contributed by atoms with Crippen molar-refractivity contribution < 1.29 is 4.79 Å². The van der Waals surface area contributed by atoms with Gasteiger partial charge in [0.25, 0.3) is 0 Å². The molecule has 3 heteroatoms. The topological polar surface area (TPSA) is 41.1 Å². The van der Waals surface area contributed by atoms with E-state index in [9.17, 15) is 4.79 Å². The molecule has 2 N–H and O–H groups in total. The van der Waals surface area contributed by atoms with E-state index in [0.29, 0.717) is 12.5 Å². The van der Waals surface area contributed by atoms with Crippen LogP contribution in [0.2, 0.25) is 0 Å². The van der Waals surface area contributed by atoms with Gasteiger partial charge in [0.2, 0.25) is 5.91 Å². The molecule has 2 rings (SSSR count). The van der Waals surface area contributed by atoms with Crippen LogP contribution in [0.15, 0.2) is 0 Å². The highest BCUT2D eigenvalue weighted by Gasteiger charge is 2.37. The van der Waals surface area contributed by atoms with Crippen molar-refractivity contribution in [3.05, 3.63) is 0 Å². The van der Waals surface area contributed by atoms with E-state index in [-0.39, 0.29) is 5.91 Å². The van der Waals surface area contributed by atoms with Crippen LogP contribution in [-0.2, 0) is 4.79 Å². The first-order chi connectivity index (χ1) is 9.24. The number of carbonyl (C=O) groups is 1. The average molecular weight is 266 g/mol. The summed E-state index contributed by atoms with van der Waals surface area (Å²) < 4.78 is 0. The zero-order chi connectivity index (χ0) is 13.6. The minimum atomic E-state index is 0.192. The molecule has 3 nitrogen and oxygen atoms in total. The summed E-state index contributed by atoms with van der Waals surface area (Å²) in [6.07, 6.45) is 12.9. The number of amides is 1. The van der Waals surface area contributed by atoms with Gasteiger partial charge in [-0.05, 0) is 50.4 Å². The fraction of sp³-hybridized carbons (Fsp3) is 0.938. The van der Waals surface area contributed by atoms with Crippen molar-refractivity contribution in [3.8, 4) is 0 Å². The Balaban J connectivity index is 1.57. The van der Waals surface area contributed by atoms with Crippen LogP contribution < -0.4 is 10.6 Å². The number of rotatable bonds is 6. The highest BCUT2D eigenvalue weighted by Crippen LogP contribution is 2.48. The van der Waals surface area contributed by atoms with Gasteiger partial charge >= 0.3 is 0 Å². The Labute approximate surface area is 117 Å². The highest BCUT2D eigenvalue weighted by atomic mass is 16.1. The smallest absolute Gasteiger partial charge is 0.221 e. The molecule has 0 heterocycles. The molecule has 0 aromatic rings. The fourth-order valence-corrected chi connectivity index (χ4v) is 3.80. The summed E-state index contributed by atoms with van der Waals surface area (Å²) in [6, 6.07) is 0.658. The number of hydrogen-bond donors (Lipinski definition) is 2. The second-order valence-corrected chi connectivity index (χ2v) is 6.54. The van der Waals surface area contributed by atoms with Crippen LogP contribution in [0.5, 0.6) is 0 Å². The van der Waals surface area contributed by atoms with Gasteiger partial charge in [0, 0.05) is 25.6 Å². The molecule has 2 fully saturated rings. The Hall–Kier alpha value is -0.570. The van der Waals surface area contributed by atoms with E-state index in [4.69, 9.17) is 0 Å². The summed E-state index contributed by atoms with van der Waals surface area (Å²) in [5.74, 6) is 0.192. The Bertz CT molecular complexity index is 274. The third-order valence-corrected chi connectivity index (χ3v) is 5.07. The molecule has 2 aliphatic carbocycles. The minimum Gasteiger partial charge on any atom is -0.356 e. The summed E-state index contributed by atoms with van der Waals surface area (Å²) in [5, 5.41) is 6.51. The van der Waals surface area contributed by atoms with E-state index in [2.05, 4.69) is 17.6 Å². The maximum absolute atomic E-state index is 11.5.